The monoisotopic (exact) mass is 986 g/mol. The van der Waals surface area contributed by atoms with E-state index in [2.05, 4.69) is 123 Å². The van der Waals surface area contributed by atoms with Crippen LogP contribution in [0.3, 0.4) is 0 Å². The van der Waals surface area contributed by atoms with Gasteiger partial charge in [-0.1, -0.05) is 278 Å². The molecule has 0 aromatic heterocycles. The van der Waals surface area contributed by atoms with Crippen molar-refractivity contribution in [1.82, 2.24) is 5.32 Å². The summed E-state index contributed by atoms with van der Waals surface area (Å²) in [4.78, 5) is 26.2. The van der Waals surface area contributed by atoms with Gasteiger partial charge in [0.05, 0.1) is 25.2 Å². The van der Waals surface area contributed by atoms with Gasteiger partial charge in [-0.3, -0.25) is 9.59 Å². The van der Waals surface area contributed by atoms with Gasteiger partial charge in [0.25, 0.3) is 0 Å². The van der Waals surface area contributed by atoms with Crippen LogP contribution in [0.5, 0.6) is 0 Å². The Kier molecular flexibility index (Phi) is 54.6. The molecule has 0 heterocycles. The number of carbonyl (C=O) groups is 2. The second-order valence-corrected chi connectivity index (χ2v) is 19.7. The van der Waals surface area contributed by atoms with Crippen LogP contribution >= 0.6 is 0 Å². The smallest absolute Gasteiger partial charge is 0.306 e. The van der Waals surface area contributed by atoms with E-state index < -0.39 is 18.2 Å². The zero-order valence-corrected chi connectivity index (χ0v) is 46.3. The van der Waals surface area contributed by atoms with E-state index in [4.69, 9.17) is 4.74 Å². The second kappa shape index (κ2) is 57.4. The van der Waals surface area contributed by atoms with Gasteiger partial charge < -0.3 is 20.3 Å². The molecule has 0 rings (SSSR count). The van der Waals surface area contributed by atoms with Crippen LogP contribution in [-0.4, -0.2) is 46.9 Å². The standard InChI is InChI=1S/C65H111NO5/c1-4-7-10-13-16-19-22-25-28-31-34-37-40-43-46-49-52-55-58-65(70)71-61(56-53-50-47-44-41-38-35-32-29-26-23-20-17-14-11-8-5-2)59-64(69)66-62(60-67)63(68)57-54-51-48-45-42-39-36-33-30-27-24-21-18-15-12-9-6-3/h8,11,17,20,22,25-26,28-29,31,34-35,37-38,44,47,53,56,61-63,67-68H,4-7,9-10,12-16,18-19,21,23-24,27,30,32-33,36,39-43,45-46,48-52,54-55,57-60H2,1-3H3,(H,66,69)/b11-8-,20-17-,25-22+,29-26-,31-28+,37-34+,38-35-,47-44-,56-53-. The number of ether oxygens (including phenoxy) is 1. The van der Waals surface area contributed by atoms with Gasteiger partial charge in [-0.15, -0.1) is 0 Å². The molecule has 6 heteroatoms. The molecule has 0 aliphatic carbocycles. The van der Waals surface area contributed by atoms with E-state index in [-0.39, 0.29) is 24.9 Å². The third-order valence-corrected chi connectivity index (χ3v) is 12.9. The van der Waals surface area contributed by atoms with Crippen LogP contribution in [-0.2, 0) is 14.3 Å². The van der Waals surface area contributed by atoms with Gasteiger partial charge in [0, 0.05) is 6.42 Å². The molecule has 0 spiro atoms. The lowest BCUT2D eigenvalue weighted by Gasteiger charge is -2.23. The largest absolute Gasteiger partial charge is 0.458 e. The lowest BCUT2D eigenvalue weighted by atomic mass is 10.0. The van der Waals surface area contributed by atoms with E-state index in [1.54, 1.807) is 6.08 Å². The fraction of sp³-hybridized carbons (Fsp3) is 0.692. The highest BCUT2D eigenvalue weighted by molar-refractivity contribution is 5.78. The highest BCUT2D eigenvalue weighted by atomic mass is 16.5. The van der Waals surface area contributed by atoms with Crippen molar-refractivity contribution < 1.29 is 24.5 Å². The molecule has 0 fully saturated rings. The van der Waals surface area contributed by atoms with Crippen LogP contribution in [0.2, 0.25) is 0 Å². The number of rotatable bonds is 52. The summed E-state index contributed by atoms with van der Waals surface area (Å²) in [6.45, 7) is 6.33. The third-order valence-electron chi connectivity index (χ3n) is 12.9. The lowest BCUT2D eigenvalue weighted by Crippen LogP contribution is -2.46. The van der Waals surface area contributed by atoms with Crippen LogP contribution in [0.25, 0.3) is 0 Å². The summed E-state index contributed by atoms with van der Waals surface area (Å²) >= 11 is 0. The van der Waals surface area contributed by atoms with Crippen molar-refractivity contribution in [1.29, 1.82) is 0 Å². The maximum Gasteiger partial charge on any atom is 0.306 e. The first-order valence-corrected chi connectivity index (χ1v) is 29.7. The Bertz CT molecular complexity index is 1430. The van der Waals surface area contributed by atoms with Gasteiger partial charge in [-0.05, 0) is 83.1 Å². The van der Waals surface area contributed by atoms with Gasteiger partial charge in [0.1, 0.15) is 6.10 Å². The highest BCUT2D eigenvalue weighted by Crippen LogP contribution is 2.16. The molecule has 1 amide bonds. The number of hydrogen-bond acceptors (Lipinski definition) is 5. The maximum atomic E-state index is 13.3. The molecule has 3 atom stereocenters. The van der Waals surface area contributed by atoms with Crippen LogP contribution in [0.15, 0.2) is 109 Å². The normalized spacial score (nSPS) is 13.9. The number of esters is 1. The highest BCUT2D eigenvalue weighted by Gasteiger charge is 2.23. The number of unbranched alkanes of at least 4 members (excludes halogenated alkanes) is 26. The number of carbonyl (C=O) groups excluding carboxylic acids is 2. The van der Waals surface area contributed by atoms with E-state index in [9.17, 15) is 19.8 Å². The lowest BCUT2D eigenvalue weighted by molar-refractivity contribution is -0.148. The van der Waals surface area contributed by atoms with E-state index in [1.165, 1.54) is 122 Å². The number of aliphatic hydroxyl groups is 2. The molecule has 0 aliphatic heterocycles. The summed E-state index contributed by atoms with van der Waals surface area (Å²) in [7, 11) is 0. The van der Waals surface area contributed by atoms with Crippen LogP contribution < -0.4 is 5.32 Å². The molecule has 3 N–H and O–H groups in total. The Hall–Kier alpha value is -3.48. The molecule has 0 saturated carbocycles. The van der Waals surface area contributed by atoms with Gasteiger partial charge >= 0.3 is 5.97 Å². The summed E-state index contributed by atoms with van der Waals surface area (Å²) in [5.41, 5.74) is 0. The molecule has 6 nitrogen and oxygen atoms in total. The van der Waals surface area contributed by atoms with Gasteiger partial charge in [0.2, 0.25) is 5.91 Å². The summed E-state index contributed by atoms with van der Waals surface area (Å²) in [6.07, 6.45) is 79.0. The fourth-order valence-corrected chi connectivity index (χ4v) is 8.43. The van der Waals surface area contributed by atoms with E-state index in [0.29, 0.717) is 19.3 Å². The topological polar surface area (TPSA) is 95.9 Å². The Labute approximate surface area is 438 Å². The quantitative estimate of drug-likeness (QED) is 0.0244. The SMILES string of the molecule is CC/C=C\C/C=C\C/C=C\C/C=C\C/C=C\C/C=C\C(CC(=O)NC(CO)C(O)CCCCCCCCCCCCCCCCCCC)OC(=O)CCCCCCC/C=C/C=C/C=C/CCCCCCC. The predicted octanol–water partition coefficient (Wildman–Crippen LogP) is 18.6. The van der Waals surface area contributed by atoms with Crippen LogP contribution in [0.4, 0.5) is 0 Å². The number of allylic oxidation sites excluding steroid dienone is 17. The Balaban J connectivity index is 4.75. The van der Waals surface area contributed by atoms with Crippen molar-refractivity contribution in [3.8, 4) is 0 Å². The van der Waals surface area contributed by atoms with E-state index >= 15 is 0 Å². The first-order chi connectivity index (χ1) is 35.0. The van der Waals surface area contributed by atoms with Crippen LogP contribution in [0.1, 0.15) is 265 Å². The van der Waals surface area contributed by atoms with E-state index in [0.717, 1.165) is 96.3 Å². The Morgan fingerprint density at radius 2 is 0.831 bits per heavy atom. The molecule has 0 bridgehead atoms. The number of amides is 1. The van der Waals surface area contributed by atoms with E-state index in [1.807, 2.05) is 6.08 Å². The van der Waals surface area contributed by atoms with Gasteiger partial charge in [0.15, 0.2) is 0 Å². The summed E-state index contributed by atoms with van der Waals surface area (Å²) in [6, 6.07) is -0.756. The number of hydrogen-bond donors (Lipinski definition) is 3. The Morgan fingerprint density at radius 3 is 1.25 bits per heavy atom. The van der Waals surface area contributed by atoms with Crippen LogP contribution in [0, 0.1) is 0 Å². The summed E-state index contributed by atoms with van der Waals surface area (Å²) in [5.74, 6) is -0.655. The molecule has 406 valence electrons. The van der Waals surface area contributed by atoms with Crippen molar-refractivity contribution in [2.24, 2.45) is 0 Å². The first-order valence-electron chi connectivity index (χ1n) is 29.7. The molecular weight excluding hydrogens is 875 g/mol. The third kappa shape index (κ3) is 52.7. The summed E-state index contributed by atoms with van der Waals surface area (Å²) < 4.78 is 5.84. The molecule has 0 radical (unpaired) electrons. The second-order valence-electron chi connectivity index (χ2n) is 19.7. The molecule has 0 aliphatic rings. The minimum absolute atomic E-state index is 0.0611. The number of aliphatic hydroxyl groups excluding tert-OH is 2. The first kappa shape index (κ1) is 67.5. The molecule has 0 aromatic carbocycles. The molecular formula is C65H111NO5. The zero-order valence-electron chi connectivity index (χ0n) is 46.3. The maximum absolute atomic E-state index is 13.3. The van der Waals surface area contributed by atoms with Crippen molar-refractivity contribution in [2.75, 3.05) is 6.61 Å². The molecule has 0 saturated heterocycles. The van der Waals surface area contributed by atoms with Crippen molar-refractivity contribution in [3.63, 3.8) is 0 Å². The predicted molar refractivity (Wildman–Crippen MR) is 310 cm³/mol. The van der Waals surface area contributed by atoms with Crippen molar-refractivity contribution in [3.05, 3.63) is 109 Å². The average molecular weight is 987 g/mol. The average Bonchev–Trinajstić information content (AvgIpc) is 3.36. The molecule has 0 aromatic rings. The number of nitrogens with one attached hydrogen (secondary N) is 1. The summed E-state index contributed by atoms with van der Waals surface area (Å²) in [5, 5.41) is 23.9. The zero-order chi connectivity index (χ0) is 51.6. The van der Waals surface area contributed by atoms with Crippen molar-refractivity contribution in [2.45, 2.75) is 283 Å². The Morgan fingerprint density at radius 1 is 0.451 bits per heavy atom. The fourth-order valence-electron chi connectivity index (χ4n) is 8.43. The minimum Gasteiger partial charge on any atom is -0.458 e. The van der Waals surface area contributed by atoms with Crippen molar-refractivity contribution >= 4 is 11.9 Å². The van der Waals surface area contributed by atoms with Gasteiger partial charge in [-0.25, -0.2) is 0 Å². The van der Waals surface area contributed by atoms with Gasteiger partial charge in [-0.2, -0.15) is 0 Å². The molecule has 71 heavy (non-hydrogen) atoms. The minimum atomic E-state index is -0.831. The molecule has 3 unspecified atom stereocenters.